The van der Waals surface area contributed by atoms with Gasteiger partial charge in [-0.25, -0.2) is 0 Å². The fraction of sp³-hybridized carbons (Fsp3) is 0.286. The summed E-state index contributed by atoms with van der Waals surface area (Å²) < 4.78 is 17.3. The predicted octanol–water partition coefficient (Wildman–Crippen LogP) is 6.23. The first-order chi connectivity index (χ1) is 17.2. The van der Waals surface area contributed by atoms with Crippen LogP contribution in [0.4, 0.5) is 5.69 Å². The van der Waals surface area contributed by atoms with Crippen LogP contribution in [-0.2, 0) is 0 Å². The van der Waals surface area contributed by atoms with E-state index in [0.29, 0.717) is 42.6 Å². The van der Waals surface area contributed by atoms with Crippen molar-refractivity contribution in [2.24, 2.45) is 0 Å². The maximum atomic E-state index is 12.8. The molecule has 0 saturated carbocycles. The highest BCUT2D eigenvalue weighted by Crippen LogP contribution is 2.20. The van der Waals surface area contributed by atoms with Crippen LogP contribution in [0.1, 0.15) is 43.0 Å². The molecule has 3 aromatic carbocycles. The van der Waals surface area contributed by atoms with E-state index in [0.717, 1.165) is 18.6 Å². The lowest BCUT2D eigenvalue weighted by Gasteiger charge is -2.14. The van der Waals surface area contributed by atoms with Crippen molar-refractivity contribution >= 4 is 28.9 Å². The molecule has 0 aliphatic heterocycles. The van der Waals surface area contributed by atoms with E-state index in [1.54, 1.807) is 18.2 Å². The average molecular weight is 493 g/mol. The molecule has 0 aromatic heterocycles. The highest BCUT2D eigenvalue weighted by atomic mass is 32.1. The highest BCUT2D eigenvalue weighted by molar-refractivity contribution is 7.80. The molecular weight excluding hydrogens is 460 g/mol. The number of anilines is 1. The Morgan fingerprint density at radius 2 is 1.49 bits per heavy atom. The standard InChI is InChI=1S/C28H32N2O4S/c1-2-3-4-10-18-34-26-17-9-8-16-25(26)27(31)30-28(35)29-22-12-11-15-24(21-22)33-20-19-32-23-13-6-5-7-14-23/h5-9,11-17,21H,2-4,10,18-20H2,1H3,(H2,29,30,31,35). The molecule has 6 nitrogen and oxygen atoms in total. The SMILES string of the molecule is CCCCCCOc1ccccc1C(=O)NC(=S)Nc1cccc(OCCOc2ccccc2)c1. The van der Waals surface area contributed by atoms with Gasteiger partial charge in [-0.15, -0.1) is 0 Å². The van der Waals surface area contributed by atoms with E-state index in [1.165, 1.54) is 12.8 Å². The lowest BCUT2D eigenvalue weighted by Crippen LogP contribution is -2.34. The van der Waals surface area contributed by atoms with Gasteiger partial charge >= 0.3 is 0 Å². The number of carbonyl (C=O) groups excluding carboxylic acids is 1. The summed E-state index contributed by atoms with van der Waals surface area (Å²) in [6, 6.07) is 24.1. The topological polar surface area (TPSA) is 68.8 Å². The quantitative estimate of drug-likeness (QED) is 0.218. The van der Waals surface area contributed by atoms with E-state index in [1.807, 2.05) is 60.7 Å². The van der Waals surface area contributed by atoms with Gasteiger partial charge in [0.15, 0.2) is 5.11 Å². The Morgan fingerprint density at radius 3 is 2.29 bits per heavy atom. The number of ether oxygens (including phenoxy) is 3. The van der Waals surface area contributed by atoms with Crippen LogP contribution in [0.2, 0.25) is 0 Å². The molecule has 0 heterocycles. The van der Waals surface area contributed by atoms with Crippen LogP contribution in [0.3, 0.4) is 0 Å². The van der Waals surface area contributed by atoms with E-state index < -0.39 is 0 Å². The van der Waals surface area contributed by atoms with Gasteiger partial charge in [0.25, 0.3) is 5.91 Å². The number of carbonyl (C=O) groups is 1. The average Bonchev–Trinajstić information content (AvgIpc) is 2.87. The molecular formula is C28H32N2O4S. The third kappa shape index (κ3) is 9.29. The van der Waals surface area contributed by atoms with Crippen molar-refractivity contribution in [3.05, 3.63) is 84.4 Å². The Hall–Kier alpha value is -3.58. The highest BCUT2D eigenvalue weighted by Gasteiger charge is 2.14. The molecule has 0 fully saturated rings. The molecule has 0 aliphatic carbocycles. The minimum Gasteiger partial charge on any atom is -0.493 e. The maximum absolute atomic E-state index is 12.8. The van der Waals surface area contributed by atoms with Crippen molar-refractivity contribution in [1.29, 1.82) is 0 Å². The predicted molar refractivity (Wildman–Crippen MR) is 144 cm³/mol. The van der Waals surface area contributed by atoms with E-state index >= 15 is 0 Å². The number of hydrogen-bond acceptors (Lipinski definition) is 5. The number of amides is 1. The first kappa shape index (κ1) is 26.0. The number of para-hydroxylation sites is 2. The second-order valence-corrected chi connectivity index (χ2v) is 8.26. The van der Waals surface area contributed by atoms with Crippen molar-refractivity contribution in [3.8, 4) is 17.2 Å². The van der Waals surface area contributed by atoms with Crippen molar-refractivity contribution < 1.29 is 19.0 Å². The minimum absolute atomic E-state index is 0.192. The summed E-state index contributed by atoms with van der Waals surface area (Å²) in [6.07, 6.45) is 4.42. The summed E-state index contributed by atoms with van der Waals surface area (Å²) >= 11 is 5.35. The number of nitrogens with one attached hydrogen (secondary N) is 2. The smallest absolute Gasteiger partial charge is 0.261 e. The van der Waals surface area contributed by atoms with Gasteiger partial charge in [-0.05, 0) is 55.0 Å². The summed E-state index contributed by atoms with van der Waals surface area (Å²) in [4.78, 5) is 12.8. The molecule has 0 saturated heterocycles. The molecule has 3 rings (SSSR count). The first-order valence-electron chi connectivity index (χ1n) is 11.9. The zero-order valence-electron chi connectivity index (χ0n) is 20.0. The van der Waals surface area contributed by atoms with Gasteiger partial charge in [0.1, 0.15) is 30.5 Å². The number of rotatable bonds is 13. The van der Waals surface area contributed by atoms with Gasteiger partial charge in [-0.3, -0.25) is 10.1 Å². The third-order valence-corrected chi connectivity index (χ3v) is 5.27. The largest absolute Gasteiger partial charge is 0.493 e. The van der Waals surface area contributed by atoms with Crippen molar-refractivity contribution in [1.82, 2.24) is 5.32 Å². The lowest BCUT2D eigenvalue weighted by atomic mass is 10.2. The minimum atomic E-state index is -0.322. The van der Waals surface area contributed by atoms with Gasteiger partial charge in [0, 0.05) is 11.8 Å². The summed E-state index contributed by atoms with van der Waals surface area (Å²) in [5.74, 6) is 1.70. The molecule has 2 N–H and O–H groups in total. The molecule has 0 bridgehead atoms. The maximum Gasteiger partial charge on any atom is 0.261 e. The molecule has 1 amide bonds. The number of hydrogen-bond donors (Lipinski definition) is 2. The molecule has 0 unspecified atom stereocenters. The van der Waals surface area contributed by atoms with Crippen LogP contribution in [0, 0.1) is 0 Å². The molecule has 0 aliphatic rings. The van der Waals surface area contributed by atoms with E-state index in [-0.39, 0.29) is 11.0 Å². The normalized spacial score (nSPS) is 10.3. The molecule has 7 heteroatoms. The van der Waals surface area contributed by atoms with Crippen molar-refractivity contribution in [2.45, 2.75) is 32.6 Å². The monoisotopic (exact) mass is 492 g/mol. The third-order valence-electron chi connectivity index (χ3n) is 5.07. The number of unbranched alkanes of at least 4 members (excludes halogenated alkanes) is 3. The van der Waals surface area contributed by atoms with Crippen molar-refractivity contribution in [2.75, 3.05) is 25.1 Å². The summed E-state index contributed by atoms with van der Waals surface area (Å²) in [6.45, 7) is 3.57. The van der Waals surface area contributed by atoms with E-state index in [4.69, 9.17) is 26.4 Å². The Labute approximate surface area is 212 Å². The molecule has 3 aromatic rings. The van der Waals surface area contributed by atoms with Gasteiger partial charge in [0.2, 0.25) is 0 Å². The van der Waals surface area contributed by atoms with Crippen LogP contribution < -0.4 is 24.8 Å². The number of thiocarbonyl (C=S) groups is 1. The fourth-order valence-corrected chi connectivity index (χ4v) is 3.53. The second-order valence-electron chi connectivity index (χ2n) is 7.85. The van der Waals surface area contributed by atoms with Gasteiger partial charge in [0.05, 0.1) is 12.2 Å². The molecule has 35 heavy (non-hydrogen) atoms. The van der Waals surface area contributed by atoms with E-state index in [9.17, 15) is 4.79 Å². The zero-order valence-corrected chi connectivity index (χ0v) is 20.8. The number of benzene rings is 3. The molecule has 0 spiro atoms. The molecule has 0 atom stereocenters. The Kier molecular flexibility index (Phi) is 10.9. The molecule has 184 valence electrons. The molecule has 0 radical (unpaired) electrons. The van der Waals surface area contributed by atoms with Crippen LogP contribution in [0.5, 0.6) is 17.2 Å². The van der Waals surface area contributed by atoms with E-state index in [2.05, 4.69) is 17.6 Å². The summed E-state index contributed by atoms with van der Waals surface area (Å²) in [5.41, 5.74) is 1.15. The van der Waals surface area contributed by atoms with Crippen LogP contribution >= 0.6 is 12.2 Å². The van der Waals surface area contributed by atoms with Crippen LogP contribution in [0.25, 0.3) is 0 Å². The van der Waals surface area contributed by atoms with Gasteiger partial charge < -0.3 is 19.5 Å². The van der Waals surface area contributed by atoms with Crippen LogP contribution in [-0.4, -0.2) is 30.8 Å². The fourth-order valence-electron chi connectivity index (χ4n) is 3.32. The Bertz CT molecular complexity index is 1080. The summed E-state index contributed by atoms with van der Waals surface area (Å²) in [5, 5.41) is 5.95. The lowest BCUT2D eigenvalue weighted by molar-refractivity contribution is 0.0973. The zero-order chi connectivity index (χ0) is 24.7. The van der Waals surface area contributed by atoms with Gasteiger partial charge in [-0.2, -0.15) is 0 Å². The Morgan fingerprint density at radius 1 is 0.771 bits per heavy atom. The van der Waals surface area contributed by atoms with Crippen LogP contribution in [0.15, 0.2) is 78.9 Å². The van der Waals surface area contributed by atoms with Crippen molar-refractivity contribution in [3.63, 3.8) is 0 Å². The van der Waals surface area contributed by atoms with Gasteiger partial charge in [-0.1, -0.05) is 62.6 Å². The Balaban J connectivity index is 1.46. The summed E-state index contributed by atoms with van der Waals surface area (Å²) in [7, 11) is 0. The first-order valence-corrected chi connectivity index (χ1v) is 12.3. The second kappa shape index (κ2) is 14.6.